The minimum Gasteiger partial charge on any atom is -0.493 e. The van der Waals surface area contributed by atoms with Crippen LogP contribution in [0.3, 0.4) is 0 Å². The van der Waals surface area contributed by atoms with Gasteiger partial charge < -0.3 is 14.8 Å². The summed E-state index contributed by atoms with van der Waals surface area (Å²) in [6.07, 6.45) is 7.92. The maximum atomic E-state index is 6.05. The second-order valence-electron chi connectivity index (χ2n) is 7.25. The normalized spacial score (nSPS) is 10.9. The molecule has 0 aliphatic heterocycles. The van der Waals surface area contributed by atoms with Gasteiger partial charge in [0.15, 0.2) is 11.5 Å². The van der Waals surface area contributed by atoms with Crippen LogP contribution in [0, 0.1) is 6.92 Å². The average Bonchev–Trinajstić information content (AvgIpc) is 2.70. The van der Waals surface area contributed by atoms with Crippen LogP contribution in [0.15, 0.2) is 40.9 Å². The van der Waals surface area contributed by atoms with Crippen LogP contribution >= 0.6 is 15.9 Å². The van der Waals surface area contributed by atoms with Crippen molar-refractivity contribution in [2.75, 3.05) is 13.7 Å². The van der Waals surface area contributed by atoms with Gasteiger partial charge in [-0.05, 0) is 48.7 Å². The maximum Gasteiger partial charge on any atom is 0.162 e. The molecule has 0 spiro atoms. The van der Waals surface area contributed by atoms with Crippen LogP contribution in [0.5, 0.6) is 11.5 Å². The summed E-state index contributed by atoms with van der Waals surface area (Å²) in [7, 11) is 1.69. The van der Waals surface area contributed by atoms with Crippen molar-refractivity contribution in [3.8, 4) is 11.5 Å². The Hall–Kier alpha value is -1.52. The third-order valence-corrected chi connectivity index (χ3v) is 5.74. The molecule has 0 heterocycles. The smallest absolute Gasteiger partial charge is 0.162 e. The molecule has 0 aliphatic carbocycles. The standard InChI is InChI=1S/C24H34BrNO2/c1-4-5-6-7-8-11-14-26-17-21-15-23(27-3)24(16-22(21)25)28-18-20-13-10-9-12-19(20)2/h9-10,12-13,15-16,26H,4-8,11,14,17-18H2,1-3H3. The number of benzene rings is 2. The molecule has 2 rings (SSSR count). The molecule has 0 amide bonds. The SMILES string of the molecule is CCCCCCCCNCc1cc(OC)c(OCc2ccccc2C)cc1Br. The fraction of sp³-hybridized carbons (Fsp3) is 0.500. The van der Waals surface area contributed by atoms with E-state index in [0.717, 1.165) is 29.1 Å². The summed E-state index contributed by atoms with van der Waals surface area (Å²) >= 11 is 3.69. The van der Waals surface area contributed by atoms with E-state index in [0.29, 0.717) is 6.61 Å². The van der Waals surface area contributed by atoms with Gasteiger partial charge in [0.05, 0.1) is 7.11 Å². The Bertz CT molecular complexity index is 718. The van der Waals surface area contributed by atoms with E-state index in [1.54, 1.807) is 7.11 Å². The number of methoxy groups -OCH3 is 1. The molecule has 4 heteroatoms. The lowest BCUT2D eigenvalue weighted by molar-refractivity contribution is 0.283. The predicted octanol–water partition coefficient (Wildman–Crippen LogP) is 6.80. The lowest BCUT2D eigenvalue weighted by Gasteiger charge is -2.15. The topological polar surface area (TPSA) is 30.5 Å². The largest absolute Gasteiger partial charge is 0.493 e. The van der Waals surface area contributed by atoms with Gasteiger partial charge in [-0.1, -0.05) is 79.2 Å². The molecule has 0 unspecified atom stereocenters. The lowest BCUT2D eigenvalue weighted by Crippen LogP contribution is -2.15. The van der Waals surface area contributed by atoms with Crippen LogP contribution in [0.2, 0.25) is 0 Å². The molecule has 1 N–H and O–H groups in total. The van der Waals surface area contributed by atoms with E-state index < -0.39 is 0 Å². The van der Waals surface area contributed by atoms with Gasteiger partial charge in [0, 0.05) is 11.0 Å². The lowest BCUT2D eigenvalue weighted by atomic mass is 10.1. The fourth-order valence-electron chi connectivity index (χ4n) is 3.17. The van der Waals surface area contributed by atoms with Crippen LogP contribution in [-0.4, -0.2) is 13.7 Å². The molecule has 3 nitrogen and oxygen atoms in total. The highest BCUT2D eigenvalue weighted by atomic mass is 79.9. The molecule has 0 atom stereocenters. The third kappa shape index (κ3) is 7.48. The van der Waals surface area contributed by atoms with Gasteiger partial charge in [0.2, 0.25) is 0 Å². The van der Waals surface area contributed by atoms with Crippen LogP contribution in [0.25, 0.3) is 0 Å². The zero-order valence-corrected chi connectivity index (χ0v) is 19.1. The first kappa shape index (κ1) is 22.8. The summed E-state index contributed by atoms with van der Waals surface area (Å²) in [5.74, 6) is 1.53. The number of ether oxygens (including phenoxy) is 2. The molecule has 2 aromatic carbocycles. The Morgan fingerprint density at radius 2 is 1.68 bits per heavy atom. The minimum absolute atomic E-state index is 0.533. The van der Waals surface area contributed by atoms with E-state index in [2.05, 4.69) is 53.3 Å². The van der Waals surface area contributed by atoms with E-state index in [1.165, 1.54) is 55.2 Å². The first-order chi connectivity index (χ1) is 13.7. The molecule has 0 bridgehead atoms. The van der Waals surface area contributed by atoms with Crippen LogP contribution in [-0.2, 0) is 13.2 Å². The van der Waals surface area contributed by atoms with Crippen LogP contribution in [0.4, 0.5) is 0 Å². The molecule has 0 saturated carbocycles. The van der Waals surface area contributed by atoms with E-state index in [4.69, 9.17) is 9.47 Å². The van der Waals surface area contributed by atoms with Crippen molar-refractivity contribution in [2.24, 2.45) is 0 Å². The van der Waals surface area contributed by atoms with E-state index in [9.17, 15) is 0 Å². The third-order valence-electron chi connectivity index (χ3n) is 5.00. The summed E-state index contributed by atoms with van der Waals surface area (Å²) < 4.78 is 12.7. The van der Waals surface area contributed by atoms with Gasteiger partial charge in [0.25, 0.3) is 0 Å². The average molecular weight is 448 g/mol. The zero-order chi connectivity index (χ0) is 20.2. The Kier molecular flexibility index (Phi) is 10.4. The van der Waals surface area contributed by atoms with E-state index >= 15 is 0 Å². The summed E-state index contributed by atoms with van der Waals surface area (Å²) in [4.78, 5) is 0. The zero-order valence-electron chi connectivity index (χ0n) is 17.5. The first-order valence-corrected chi connectivity index (χ1v) is 11.2. The van der Waals surface area contributed by atoms with Crippen molar-refractivity contribution in [2.45, 2.75) is 65.5 Å². The molecule has 0 fully saturated rings. The molecule has 0 saturated heterocycles. The van der Waals surface area contributed by atoms with Crippen molar-refractivity contribution in [1.82, 2.24) is 5.32 Å². The molecular formula is C24H34BrNO2. The Morgan fingerprint density at radius 3 is 2.43 bits per heavy atom. The van der Waals surface area contributed by atoms with Gasteiger partial charge in [-0.3, -0.25) is 0 Å². The Morgan fingerprint density at radius 1 is 0.929 bits per heavy atom. The summed E-state index contributed by atoms with van der Waals surface area (Å²) in [6.45, 7) is 6.76. The Balaban J connectivity index is 1.85. The molecular weight excluding hydrogens is 414 g/mol. The number of hydrogen-bond acceptors (Lipinski definition) is 3. The van der Waals surface area contributed by atoms with E-state index in [-0.39, 0.29) is 0 Å². The molecule has 28 heavy (non-hydrogen) atoms. The van der Waals surface area contributed by atoms with Crippen molar-refractivity contribution in [1.29, 1.82) is 0 Å². The van der Waals surface area contributed by atoms with Crippen molar-refractivity contribution in [3.05, 3.63) is 57.6 Å². The second kappa shape index (κ2) is 12.8. The van der Waals surface area contributed by atoms with Gasteiger partial charge in [0.1, 0.15) is 6.61 Å². The maximum absolute atomic E-state index is 6.05. The van der Waals surface area contributed by atoms with Gasteiger partial charge >= 0.3 is 0 Å². The highest BCUT2D eigenvalue weighted by Crippen LogP contribution is 2.34. The highest BCUT2D eigenvalue weighted by molar-refractivity contribution is 9.10. The number of hydrogen-bond donors (Lipinski definition) is 1. The molecule has 0 aliphatic rings. The number of unbranched alkanes of at least 4 members (excludes halogenated alkanes) is 5. The molecule has 154 valence electrons. The van der Waals surface area contributed by atoms with Crippen molar-refractivity contribution < 1.29 is 9.47 Å². The fourth-order valence-corrected chi connectivity index (χ4v) is 3.63. The quantitative estimate of drug-likeness (QED) is 0.342. The van der Waals surface area contributed by atoms with Crippen molar-refractivity contribution >= 4 is 15.9 Å². The predicted molar refractivity (Wildman–Crippen MR) is 121 cm³/mol. The van der Waals surface area contributed by atoms with E-state index in [1.807, 2.05) is 18.2 Å². The van der Waals surface area contributed by atoms with Crippen molar-refractivity contribution in [3.63, 3.8) is 0 Å². The number of rotatable bonds is 13. The number of nitrogens with one attached hydrogen (secondary N) is 1. The van der Waals surface area contributed by atoms with Gasteiger partial charge in [-0.25, -0.2) is 0 Å². The minimum atomic E-state index is 0.533. The number of halogens is 1. The van der Waals surface area contributed by atoms with Crippen LogP contribution < -0.4 is 14.8 Å². The molecule has 0 aromatic heterocycles. The van der Waals surface area contributed by atoms with Crippen LogP contribution in [0.1, 0.15) is 62.1 Å². The summed E-state index contributed by atoms with van der Waals surface area (Å²) in [5.41, 5.74) is 3.60. The van der Waals surface area contributed by atoms with Gasteiger partial charge in [-0.15, -0.1) is 0 Å². The summed E-state index contributed by atoms with van der Waals surface area (Å²) in [5, 5.41) is 3.54. The highest BCUT2D eigenvalue weighted by Gasteiger charge is 2.11. The monoisotopic (exact) mass is 447 g/mol. The summed E-state index contributed by atoms with van der Waals surface area (Å²) in [6, 6.07) is 12.4. The Labute approximate surface area is 179 Å². The first-order valence-electron chi connectivity index (χ1n) is 10.4. The van der Waals surface area contributed by atoms with Gasteiger partial charge in [-0.2, -0.15) is 0 Å². The molecule has 0 radical (unpaired) electrons. The number of aryl methyl sites for hydroxylation is 1. The molecule has 2 aromatic rings. The second-order valence-corrected chi connectivity index (χ2v) is 8.11.